The third-order valence-electron chi connectivity index (χ3n) is 3.82. The van der Waals surface area contributed by atoms with Gasteiger partial charge in [-0.05, 0) is 38.7 Å². The SMILES string of the molecule is Cc1nc2c(CN(C)C)c[nH]n2c(=O)c1Cc1ccc(Br)cc1. The van der Waals surface area contributed by atoms with Crippen molar-refractivity contribution in [3.8, 4) is 0 Å². The molecule has 23 heavy (non-hydrogen) atoms. The average molecular weight is 375 g/mol. The molecule has 0 saturated carbocycles. The van der Waals surface area contributed by atoms with E-state index in [-0.39, 0.29) is 5.56 Å². The molecule has 0 aliphatic heterocycles. The third-order valence-corrected chi connectivity index (χ3v) is 4.35. The number of aryl methyl sites for hydroxylation is 1. The van der Waals surface area contributed by atoms with Gasteiger partial charge in [-0.1, -0.05) is 28.1 Å². The van der Waals surface area contributed by atoms with Crippen LogP contribution in [0.1, 0.15) is 22.4 Å². The van der Waals surface area contributed by atoms with Gasteiger partial charge in [0, 0.05) is 40.5 Å². The van der Waals surface area contributed by atoms with Gasteiger partial charge in [0.25, 0.3) is 5.56 Å². The lowest BCUT2D eigenvalue weighted by Crippen LogP contribution is -2.22. The Balaban J connectivity index is 2.05. The number of benzene rings is 1. The van der Waals surface area contributed by atoms with Crippen LogP contribution in [-0.2, 0) is 13.0 Å². The lowest BCUT2D eigenvalue weighted by Gasteiger charge is -2.09. The molecule has 0 amide bonds. The Morgan fingerprint density at radius 2 is 1.96 bits per heavy atom. The molecule has 2 heterocycles. The molecule has 0 aliphatic rings. The minimum absolute atomic E-state index is 0.0274. The molecule has 0 spiro atoms. The Bertz CT molecular complexity index is 893. The summed E-state index contributed by atoms with van der Waals surface area (Å²) in [5.41, 5.74) is 4.31. The van der Waals surface area contributed by atoms with E-state index in [9.17, 15) is 4.79 Å². The van der Waals surface area contributed by atoms with Crippen molar-refractivity contribution >= 4 is 21.6 Å². The first-order valence-electron chi connectivity index (χ1n) is 7.43. The Labute approximate surface area is 143 Å². The second-order valence-electron chi connectivity index (χ2n) is 5.98. The van der Waals surface area contributed by atoms with E-state index < -0.39 is 0 Å². The van der Waals surface area contributed by atoms with E-state index in [0.717, 1.165) is 33.4 Å². The molecule has 0 unspecified atom stereocenters. The Hall–Kier alpha value is -1.92. The molecular weight excluding hydrogens is 356 g/mol. The first-order valence-corrected chi connectivity index (χ1v) is 8.22. The molecule has 1 N–H and O–H groups in total. The Morgan fingerprint density at radius 1 is 1.26 bits per heavy atom. The maximum atomic E-state index is 12.8. The number of halogens is 1. The lowest BCUT2D eigenvalue weighted by molar-refractivity contribution is 0.403. The van der Waals surface area contributed by atoms with Crippen molar-refractivity contribution in [2.45, 2.75) is 19.9 Å². The van der Waals surface area contributed by atoms with Crippen molar-refractivity contribution in [2.24, 2.45) is 0 Å². The Morgan fingerprint density at radius 3 is 2.61 bits per heavy atom. The van der Waals surface area contributed by atoms with Crippen molar-refractivity contribution in [1.29, 1.82) is 0 Å². The maximum Gasteiger partial charge on any atom is 0.276 e. The molecule has 3 aromatic rings. The summed E-state index contributed by atoms with van der Waals surface area (Å²) in [6, 6.07) is 8.00. The summed E-state index contributed by atoms with van der Waals surface area (Å²) in [6.07, 6.45) is 2.43. The van der Waals surface area contributed by atoms with Crippen molar-refractivity contribution < 1.29 is 0 Å². The van der Waals surface area contributed by atoms with Crippen LogP contribution in [0.2, 0.25) is 0 Å². The van der Waals surface area contributed by atoms with Gasteiger partial charge in [0.05, 0.1) is 0 Å². The first kappa shape index (κ1) is 16.0. The van der Waals surface area contributed by atoms with E-state index in [1.54, 1.807) is 4.52 Å². The van der Waals surface area contributed by atoms with Gasteiger partial charge in [0.15, 0.2) is 5.65 Å². The number of nitrogens with zero attached hydrogens (tertiary/aromatic N) is 3. The molecule has 0 bridgehead atoms. The van der Waals surface area contributed by atoms with Crippen LogP contribution >= 0.6 is 15.9 Å². The van der Waals surface area contributed by atoms with E-state index in [2.05, 4.69) is 30.9 Å². The van der Waals surface area contributed by atoms with Gasteiger partial charge in [0.1, 0.15) is 0 Å². The molecule has 0 atom stereocenters. The molecule has 120 valence electrons. The highest BCUT2D eigenvalue weighted by atomic mass is 79.9. The van der Waals surface area contributed by atoms with Gasteiger partial charge in [-0.25, -0.2) is 9.50 Å². The number of fused-ring (bicyclic) bond motifs is 1. The Kier molecular flexibility index (Phi) is 4.37. The fraction of sp³-hybridized carbons (Fsp3) is 0.294. The molecule has 0 aliphatic carbocycles. The molecule has 3 rings (SSSR count). The molecule has 2 aromatic heterocycles. The predicted octanol–water partition coefficient (Wildman–Crippen LogP) is 2.75. The predicted molar refractivity (Wildman–Crippen MR) is 94.9 cm³/mol. The summed E-state index contributed by atoms with van der Waals surface area (Å²) in [7, 11) is 3.99. The van der Waals surface area contributed by atoms with E-state index in [1.165, 1.54) is 0 Å². The summed E-state index contributed by atoms with van der Waals surface area (Å²) >= 11 is 3.43. The van der Waals surface area contributed by atoms with Crippen LogP contribution < -0.4 is 5.56 Å². The highest BCUT2D eigenvalue weighted by Crippen LogP contribution is 2.15. The van der Waals surface area contributed by atoms with Crippen LogP contribution in [0.4, 0.5) is 0 Å². The summed E-state index contributed by atoms with van der Waals surface area (Å²) in [6.45, 7) is 2.65. The molecular formula is C17H19BrN4O. The topological polar surface area (TPSA) is 53.4 Å². The van der Waals surface area contributed by atoms with E-state index in [0.29, 0.717) is 12.1 Å². The van der Waals surface area contributed by atoms with Gasteiger partial charge in [-0.2, -0.15) is 0 Å². The maximum absolute atomic E-state index is 12.8. The van der Waals surface area contributed by atoms with Gasteiger partial charge in [-0.15, -0.1) is 0 Å². The zero-order chi connectivity index (χ0) is 16.6. The fourth-order valence-corrected chi connectivity index (χ4v) is 2.94. The van der Waals surface area contributed by atoms with Gasteiger partial charge in [-0.3, -0.25) is 9.89 Å². The monoisotopic (exact) mass is 374 g/mol. The molecule has 6 heteroatoms. The zero-order valence-corrected chi connectivity index (χ0v) is 15.0. The van der Waals surface area contributed by atoms with Crippen molar-refractivity contribution in [3.63, 3.8) is 0 Å². The minimum Gasteiger partial charge on any atom is -0.305 e. The zero-order valence-electron chi connectivity index (χ0n) is 13.4. The molecule has 5 nitrogen and oxygen atoms in total. The van der Waals surface area contributed by atoms with Gasteiger partial charge < -0.3 is 4.90 Å². The van der Waals surface area contributed by atoms with Crippen molar-refractivity contribution in [1.82, 2.24) is 19.5 Å². The van der Waals surface area contributed by atoms with E-state index in [4.69, 9.17) is 0 Å². The normalized spacial score (nSPS) is 11.5. The minimum atomic E-state index is -0.0274. The summed E-state index contributed by atoms with van der Waals surface area (Å²) in [5, 5.41) is 3.03. The number of aromatic nitrogens is 3. The number of H-pyrrole nitrogens is 1. The largest absolute Gasteiger partial charge is 0.305 e. The number of aromatic amines is 1. The smallest absolute Gasteiger partial charge is 0.276 e. The fourth-order valence-electron chi connectivity index (χ4n) is 2.67. The van der Waals surface area contributed by atoms with E-state index in [1.807, 2.05) is 51.5 Å². The standard InChI is InChI=1S/C17H19BrN4O/c1-11-15(8-12-4-6-14(18)7-5-12)17(23)22-16(20-11)13(9-19-22)10-21(2)3/h4-7,9,19H,8,10H2,1-3H3. The average Bonchev–Trinajstić information content (AvgIpc) is 2.88. The van der Waals surface area contributed by atoms with Crippen LogP contribution in [0.15, 0.2) is 39.7 Å². The first-order chi connectivity index (χ1) is 11.0. The van der Waals surface area contributed by atoms with E-state index >= 15 is 0 Å². The molecule has 0 saturated heterocycles. The molecule has 0 fully saturated rings. The van der Waals surface area contributed by atoms with Crippen molar-refractivity contribution in [2.75, 3.05) is 14.1 Å². The third kappa shape index (κ3) is 3.23. The van der Waals surface area contributed by atoms with Gasteiger partial charge in [0.2, 0.25) is 0 Å². The number of rotatable bonds is 4. The summed E-state index contributed by atoms with van der Waals surface area (Å²) in [5.74, 6) is 0. The van der Waals surface area contributed by atoms with Crippen LogP contribution in [0.25, 0.3) is 5.65 Å². The number of nitrogens with one attached hydrogen (secondary N) is 1. The van der Waals surface area contributed by atoms with Gasteiger partial charge >= 0.3 is 0 Å². The lowest BCUT2D eigenvalue weighted by atomic mass is 10.1. The second kappa shape index (κ2) is 6.29. The molecule has 0 radical (unpaired) electrons. The molecule has 1 aromatic carbocycles. The summed E-state index contributed by atoms with van der Waals surface area (Å²) in [4.78, 5) is 19.5. The second-order valence-corrected chi connectivity index (χ2v) is 6.90. The van der Waals surface area contributed by atoms with Crippen LogP contribution in [0.5, 0.6) is 0 Å². The number of hydrogen-bond acceptors (Lipinski definition) is 3. The highest BCUT2D eigenvalue weighted by molar-refractivity contribution is 9.10. The quantitative estimate of drug-likeness (QED) is 0.763. The number of hydrogen-bond donors (Lipinski definition) is 1. The van der Waals surface area contributed by atoms with Crippen LogP contribution in [0, 0.1) is 6.92 Å². The highest BCUT2D eigenvalue weighted by Gasteiger charge is 2.14. The van der Waals surface area contributed by atoms with Crippen LogP contribution in [-0.4, -0.2) is 33.6 Å². The van der Waals surface area contributed by atoms with Crippen LogP contribution in [0.3, 0.4) is 0 Å². The summed E-state index contributed by atoms with van der Waals surface area (Å²) < 4.78 is 2.57. The van der Waals surface area contributed by atoms with Crippen molar-refractivity contribution in [3.05, 3.63) is 67.7 Å².